The van der Waals surface area contributed by atoms with Crippen molar-refractivity contribution in [1.29, 1.82) is 0 Å². The van der Waals surface area contributed by atoms with Crippen LogP contribution in [0, 0.1) is 0 Å². The van der Waals surface area contributed by atoms with Crippen LogP contribution in [0.15, 0.2) is 76.2 Å². The zero-order valence-corrected chi connectivity index (χ0v) is 16.6. The number of rotatable bonds is 6. The molecule has 0 saturated heterocycles. The third-order valence-electron chi connectivity index (χ3n) is 5.12. The molecular formula is C22H22N2O4S. The zero-order valence-electron chi connectivity index (χ0n) is 15.8. The molecule has 2 N–H and O–H groups in total. The van der Waals surface area contributed by atoms with E-state index in [0.717, 1.165) is 24.8 Å². The average Bonchev–Trinajstić information content (AvgIpc) is 3.26. The second kappa shape index (κ2) is 8.23. The lowest BCUT2D eigenvalue weighted by Gasteiger charge is -2.26. The summed E-state index contributed by atoms with van der Waals surface area (Å²) in [6.07, 6.45) is 4.44. The summed E-state index contributed by atoms with van der Waals surface area (Å²) in [5.74, 6) is 0.316. The maximum Gasteiger partial charge on any atom is 0.251 e. The molecule has 1 aliphatic carbocycles. The van der Waals surface area contributed by atoms with Crippen LogP contribution in [-0.2, 0) is 23.0 Å². The van der Waals surface area contributed by atoms with Crippen LogP contribution < -0.4 is 10.0 Å². The van der Waals surface area contributed by atoms with Crippen molar-refractivity contribution in [2.24, 2.45) is 0 Å². The third kappa shape index (κ3) is 4.41. The summed E-state index contributed by atoms with van der Waals surface area (Å²) in [7, 11) is -3.69. The van der Waals surface area contributed by atoms with Crippen molar-refractivity contribution in [3.8, 4) is 0 Å². The Kier molecular flexibility index (Phi) is 5.51. The third-order valence-corrected chi connectivity index (χ3v) is 6.54. The van der Waals surface area contributed by atoms with Gasteiger partial charge >= 0.3 is 0 Å². The normalized spacial score (nSPS) is 16.2. The minimum Gasteiger partial charge on any atom is -0.468 e. The van der Waals surface area contributed by atoms with Crippen LogP contribution in [0.1, 0.15) is 46.1 Å². The Labute approximate surface area is 170 Å². The number of benzene rings is 2. The van der Waals surface area contributed by atoms with Crippen LogP contribution >= 0.6 is 0 Å². The monoisotopic (exact) mass is 410 g/mol. The smallest absolute Gasteiger partial charge is 0.251 e. The van der Waals surface area contributed by atoms with E-state index in [-0.39, 0.29) is 23.4 Å². The molecule has 6 nitrogen and oxygen atoms in total. The molecule has 1 amide bonds. The Morgan fingerprint density at radius 3 is 2.59 bits per heavy atom. The zero-order chi connectivity index (χ0) is 20.3. The lowest BCUT2D eigenvalue weighted by molar-refractivity contribution is 0.0932. The van der Waals surface area contributed by atoms with Crippen LogP contribution in [0.2, 0.25) is 0 Å². The van der Waals surface area contributed by atoms with E-state index in [1.54, 1.807) is 12.1 Å². The number of carbonyl (C=O) groups excluding carboxylic acids is 1. The van der Waals surface area contributed by atoms with Gasteiger partial charge in [-0.1, -0.05) is 24.3 Å². The van der Waals surface area contributed by atoms with Gasteiger partial charge in [0.1, 0.15) is 5.76 Å². The maximum atomic E-state index is 12.7. The van der Waals surface area contributed by atoms with Crippen LogP contribution in [0.3, 0.4) is 0 Å². The number of nitrogens with one attached hydrogen (secondary N) is 2. The Morgan fingerprint density at radius 1 is 1.03 bits per heavy atom. The van der Waals surface area contributed by atoms with Crippen molar-refractivity contribution in [3.63, 3.8) is 0 Å². The number of amides is 1. The number of hydrogen-bond acceptors (Lipinski definition) is 4. The molecule has 1 aromatic heterocycles. The van der Waals surface area contributed by atoms with Crippen LogP contribution in [0.4, 0.5) is 0 Å². The fraction of sp³-hybridized carbons (Fsp3) is 0.227. The molecule has 0 spiro atoms. The quantitative estimate of drug-likeness (QED) is 0.650. The summed E-state index contributed by atoms with van der Waals surface area (Å²) in [5.41, 5.74) is 2.86. The predicted molar refractivity (Wildman–Crippen MR) is 109 cm³/mol. The number of hydrogen-bond donors (Lipinski definition) is 2. The largest absolute Gasteiger partial charge is 0.468 e. The van der Waals surface area contributed by atoms with Gasteiger partial charge in [-0.15, -0.1) is 0 Å². The highest BCUT2D eigenvalue weighted by Gasteiger charge is 2.22. The number of sulfonamides is 1. The fourth-order valence-electron chi connectivity index (χ4n) is 3.59. The van der Waals surface area contributed by atoms with Crippen molar-refractivity contribution in [2.45, 2.75) is 36.7 Å². The Hall–Kier alpha value is -2.90. The first-order chi connectivity index (χ1) is 14.0. The summed E-state index contributed by atoms with van der Waals surface area (Å²) in [5, 5.41) is 3.08. The highest BCUT2D eigenvalue weighted by atomic mass is 32.2. The van der Waals surface area contributed by atoms with E-state index >= 15 is 0 Å². The van der Waals surface area contributed by atoms with Gasteiger partial charge in [-0.05, 0) is 66.8 Å². The maximum absolute atomic E-state index is 12.7. The highest BCUT2D eigenvalue weighted by Crippen LogP contribution is 2.29. The summed E-state index contributed by atoms with van der Waals surface area (Å²) in [6, 6.07) is 17.5. The average molecular weight is 410 g/mol. The molecule has 1 heterocycles. The van der Waals surface area contributed by atoms with Crippen LogP contribution in [0.5, 0.6) is 0 Å². The van der Waals surface area contributed by atoms with E-state index in [1.807, 2.05) is 12.1 Å². The first kappa shape index (κ1) is 19.4. The van der Waals surface area contributed by atoms with E-state index in [9.17, 15) is 13.2 Å². The Bertz CT molecular complexity index is 1090. The summed E-state index contributed by atoms with van der Waals surface area (Å²) in [4.78, 5) is 12.8. The van der Waals surface area contributed by atoms with Crippen molar-refractivity contribution in [1.82, 2.24) is 10.0 Å². The molecule has 0 aliphatic heterocycles. The van der Waals surface area contributed by atoms with Crippen molar-refractivity contribution in [2.75, 3.05) is 0 Å². The van der Waals surface area contributed by atoms with E-state index < -0.39 is 10.0 Å². The predicted octanol–water partition coefficient (Wildman–Crippen LogP) is 3.57. The fourth-order valence-corrected chi connectivity index (χ4v) is 4.59. The molecular weight excluding hydrogens is 388 g/mol. The van der Waals surface area contributed by atoms with Gasteiger partial charge in [0.15, 0.2) is 0 Å². The molecule has 0 unspecified atom stereocenters. The Balaban J connectivity index is 1.43. The van der Waals surface area contributed by atoms with Gasteiger partial charge in [-0.3, -0.25) is 4.79 Å². The number of aryl methyl sites for hydroxylation is 1. The first-order valence-electron chi connectivity index (χ1n) is 9.54. The summed E-state index contributed by atoms with van der Waals surface area (Å²) >= 11 is 0. The van der Waals surface area contributed by atoms with E-state index in [2.05, 4.69) is 22.2 Å². The second-order valence-electron chi connectivity index (χ2n) is 7.05. The van der Waals surface area contributed by atoms with Gasteiger partial charge in [0.2, 0.25) is 10.0 Å². The van der Waals surface area contributed by atoms with E-state index in [1.165, 1.54) is 36.1 Å². The van der Waals surface area contributed by atoms with Crippen molar-refractivity contribution in [3.05, 3.63) is 89.4 Å². The summed E-state index contributed by atoms with van der Waals surface area (Å²) < 4.78 is 32.4. The molecule has 0 bridgehead atoms. The Morgan fingerprint density at radius 2 is 1.83 bits per heavy atom. The molecule has 0 radical (unpaired) electrons. The molecule has 3 aromatic rings. The topological polar surface area (TPSA) is 88.4 Å². The van der Waals surface area contributed by atoms with Gasteiger partial charge in [-0.2, -0.15) is 0 Å². The lowest BCUT2D eigenvalue weighted by atomic mass is 9.87. The van der Waals surface area contributed by atoms with Gasteiger partial charge in [0.05, 0.1) is 23.7 Å². The molecule has 2 aromatic carbocycles. The molecule has 4 rings (SSSR count). The molecule has 7 heteroatoms. The second-order valence-corrected chi connectivity index (χ2v) is 8.81. The molecule has 1 aliphatic rings. The minimum absolute atomic E-state index is 0.0224. The van der Waals surface area contributed by atoms with E-state index in [0.29, 0.717) is 11.3 Å². The van der Waals surface area contributed by atoms with Crippen LogP contribution in [-0.4, -0.2) is 14.3 Å². The highest BCUT2D eigenvalue weighted by molar-refractivity contribution is 7.89. The van der Waals surface area contributed by atoms with Gasteiger partial charge in [0.25, 0.3) is 5.91 Å². The summed E-state index contributed by atoms with van der Waals surface area (Å²) in [6.45, 7) is 0.0681. The molecule has 1 atom stereocenters. The first-order valence-corrected chi connectivity index (χ1v) is 11.0. The van der Waals surface area contributed by atoms with Gasteiger partial charge in [-0.25, -0.2) is 13.1 Å². The van der Waals surface area contributed by atoms with Crippen LogP contribution in [0.25, 0.3) is 0 Å². The molecule has 0 fully saturated rings. The number of fused-ring (bicyclic) bond motifs is 1. The van der Waals surface area contributed by atoms with Gasteiger partial charge in [0, 0.05) is 5.56 Å². The standard InChI is InChI=1S/C22H22N2O4S/c25-22(24-21-9-3-6-16-5-1-2-8-20(16)21)17-10-12-19(13-11-17)29(26,27)23-15-18-7-4-14-28-18/h1-2,4-5,7-8,10-14,21,23H,3,6,9,15H2,(H,24,25)/t21-/m1/s1. The number of furan rings is 1. The molecule has 29 heavy (non-hydrogen) atoms. The number of carbonyl (C=O) groups is 1. The SMILES string of the molecule is O=C(N[C@@H]1CCCc2ccccc21)c1ccc(S(=O)(=O)NCc2ccco2)cc1. The molecule has 150 valence electrons. The van der Waals surface area contributed by atoms with Crippen molar-refractivity contribution < 1.29 is 17.6 Å². The van der Waals surface area contributed by atoms with Crippen molar-refractivity contribution >= 4 is 15.9 Å². The minimum atomic E-state index is -3.69. The van der Waals surface area contributed by atoms with E-state index in [4.69, 9.17) is 4.42 Å². The van der Waals surface area contributed by atoms with Gasteiger partial charge < -0.3 is 9.73 Å². The lowest BCUT2D eigenvalue weighted by Crippen LogP contribution is -2.31. The molecule has 0 saturated carbocycles.